The van der Waals surface area contributed by atoms with Crippen LogP contribution in [-0.2, 0) is 14.3 Å². The molecule has 0 atom stereocenters. The second kappa shape index (κ2) is 11.7. The fourth-order valence-electron chi connectivity index (χ4n) is 1.25. The zero-order chi connectivity index (χ0) is 14.8. The summed E-state index contributed by atoms with van der Waals surface area (Å²) in [5.74, 6) is -0.179. The summed E-state index contributed by atoms with van der Waals surface area (Å²) in [5.41, 5.74) is 0. The molecule has 1 aromatic heterocycles. The summed E-state index contributed by atoms with van der Waals surface area (Å²) in [6.45, 7) is 2.92. The summed E-state index contributed by atoms with van der Waals surface area (Å²) < 4.78 is 5.44. The van der Waals surface area contributed by atoms with Crippen LogP contribution in [-0.4, -0.2) is 48.0 Å². The van der Waals surface area contributed by atoms with Gasteiger partial charge in [0.15, 0.2) is 4.34 Å². The number of anilines is 1. The van der Waals surface area contributed by atoms with Crippen LogP contribution < -0.4 is 10.6 Å². The van der Waals surface area contributed by atoms with Crippen LogP contribution in [0.1, 0.15) is 19.8 Å². The maximum absolute atomic E-state index is 11.6. The number of esters is 1. The molecule has 0 saturated heterocycles. The Balaban J connectivity index is 0.00000400. The van der Waals surface area contributed by atoms with E-state index in [0.29, 0.717) is 22.5 Å². The standard InChI is InChI=1S/C11H18N4O3S2.ClH/c1-3-18-9(17)7-19-11-15-14-10(20-11)13-8(16)5-4-6-12-2;/h12H,3-7H2,1-2H3,(H,13,14,16);1H. The van der Waals surface area contributed by atoms with Crippen molar-refractivity contribution in [3.05, 3.63) is 0 Å². The number of hydrogen-bond donors (Lipinski definition) is 2. The zero-order valence-electron chi connectivity index (χ0n) is 11.9. The highest BCUT2D eigenvalue weighted by Gasteiger charge is 2.10. The van der Waals surface area contributed by atoms with Gasteiger partial charge in [0.1, 0.15) is 0 Å². The van der Waals surface area contributed by atoms with Gasteiger partial charge in [0.2, 0.25) is 11.0 Å². The van der Waals surface area contributed by atoms with E-state index in [0.717, 1.165) is 13.0 Å². The van der Waals surface area contributed by atoms with Gasteiger partial charge in [-0.25, -0.2) is 0 Å². The lowest BCUT2D eigenvalue weighted by atomic mass is 10.3. The maximum atomic E-state index is 11.6. The molecular weight excluding hydrogens is 336 g/mol. The molecule has 1 heterocycles. The molecule has 10 heteroatoms. The van der Waals surface area contributed by atoms with Crippen LogP contribution in [0.2, 0.25) is 0 Å². The molecule has 0 spiro atoms. The minimum absolute atomic E-state index is 0. The van der Waals surface area contributed by atoms with Gasteiger partial charge in [-0.3, -0.25) is 9.59 Å². The maximum Gasteiger partial charge on any atom is 0.316 e. The van der Waals surface area contributed by atoms with Gasteiger partial charge in [-0.1, -0.05) is 23.1 Å². The number of ether oxygens (including phenoxy) is 1. The van der Waals surface area contributed by atoms with Gasteiger partial charge in [0.05, 0.1) is 12.4 Å². The molecule has 0 aliphatic carbocycles. The monoisotopic (exact) mass is 354 g/mol. The second-order valence-electron chi connectivity index (χ2n) is 3.72. The number of carbonyl (C=O) groups excluding carboxylic acids is 2. The molecule has 1 rings (SSSR count). The molecule has 0 saturated carbocycles. The predicted octanol–water partition coefficient (Wildman–Crippen LogP) is 1.55. The van der Waals surface area contributed by atoms with Crippen molar-refractivity contribution in [2.45, 2.75) is 24.1 Å². The molecule has 21 heavy (non-hydrogen) atoms. The zero-order valence-corrected chi connectivity index (χ0v) is 14.3. The highest BCUT2D eigenvalue weighted by atomic mass is 35.5. The quantitative estimate of drug-likeness (QED) is 0.301. The Morgan fingerprint density at radius 3 is 2.81 bits per heavy atom. The molecule has 0 aliphatic rings. The van der Waals surface area contributed by atoms with Crippen molar-refractivity contribution in [3.63, 3.8) is 0 Å². The Bertz CT molecular complexity index is 445. The summed E-state index contributed by atoms with van der Waals surface area (Å²) in [6, 6.07) is 0. The van der Waals surface area contributed by atoms with E-state index in [1.165, 1.54) is 23.1 Å². The number of nitrogens with one attached hydrogen (secondary N) is 2. The fraction of sp³-hybridized carbons (Fsp3) is 0.636. The van der Waals surface area contributed by atoms with Crippen molar-refractivity contribution in [1.82, 2.24) is 15.5 Å². The molecule has 120 valence electrons. The van der Waals surface area contributed by atoms with Crippen molar-refractivity contribution in [2.24, 2.45) is 0 Å². The lowest BCUT2D eigenvalue weighted by Crippen LogP contribution is -2.15. The van der Waals surface area contributed by atoms with Gasteiger partial charge in [0, 0.05) is 6.42 Å². The fourth-order valence-corrected chi connectivity index (χ4v) is 2.82. The first-order chi connectivity index (χ1) is 9.65. The molecule has 0 unspecified atom stereocenters. The molecule has 1 amide bonds. The number of hydrogen-bond acceptors (Lipinski definition) is 8. The first-order valence-electron chi connectivity index (χ1n) is 6.22. The number of thioether (sulfide) groups is 1. The summed E-state index contributed by atoms with van der Waals surface area (Å²) in [6.07, 6.45) is 1.21. The molecule has 7 nitrogen and oxygen atoms in total. The average molecular weight is 355 g/mol. The van der Waals surface area contributed by atoms with Crippen molar-refractivity contribution < 1.29 is 14.3 Å². The topological polar surface area (TPSA) is 93.2 Å². The van der Waals surface area contributed by atoms with Gasteiger partial charge in [0.25, 0.3) is 0 Å². The number of rotatable bonds is 9. The van der Waals surface area contributed by atoms with Crippen LogP contribution in [0, 0.1) is 0 Å². The van der Waals surface area contributed by atoms with E-state index < -0.39 is 0 Å². The van der Waals surface area contributed by atoms with Crippen LogP contribution in [0.3, 0.4) is 0 Å². The Labute approximate surface area is 138 Å². The van der Waals surface area contributed by atoms with E-state index in [1.54, 1.807) is 6.92 Å². The van der Waals surface area contributed by atoms with Gasteiger partial charge in [-0.05, 0) is 26.9 Å². The van der Waals surface area contributed by atoms with E-state index in [4.69, 9.17) is 4.74 Å². The lowest BCUT2D eigenvalue weighted by Gasteiger charge is -2.00. The third-order valence-corrected chi connectivity index (χ3v) is 4.05. The van der Waals surface area contributed by atoms with Crippen LogP contribution in [0.25, 0.3) is 0 Å². The highest BCUT2D eigenvalue weighted by Crippen LogP contribution is 2.25. The highest BCUT2D eigenvalue weighted by molar-refractivity contribution is 8.01. The normalized spacial score (nSPS) is 9.81. The Morgan fingerprint density at radius 1 is 1.38 bits per heavy atom. The minimum Gasteiger partial charge on any atom is -0.465 e. The number of halogens is 1. The third-order valence-electron chi connectivity index (χ3n) is 2.10. The van der Waals surface area contributed by atoms with Gasteiger partial charge < -0.3 is 15.4 Å². The predicted molar refractivity (Wildman–Crippen MR) is 86.3 cm³/mol. The van der Waals surface area contributed by atoms with E-state index in [1.807, 2.05) is 7.05 Å². The molecule has 2 N–H and O–H groups in total. The summed E-state index contributed by atoms with van der Waals surface area (Å²) in [7, 11) is 1.84. The second-order valence-corrected chi connectivity index (χ2v) is 5.92. The number of carbonyl (C=O) groups is 2. The molecule has 0 radical (unpaired) electrons. The van der Waals surface area contributed by atoms with Crippen LogP contribution in [0.5, 0.6) is 0 Å². The van der Waals surface area contributed by atoms with E-state index in [-0.39, 0.29) is 30.0 Å². The van der Waals surface area contributed by atoms with E-state index in [2.05, 4.69) is 20.8 Å². The number of aromatic nitrogens is 2. The Morgan fingerprint density at radius 2 is 2.14 bits per heavy atom. The van der Waals surface area contributed by atoms with Crippen LogP contribution in [0.4, 0.5) is 5.13 Å². The van der Waals surface area contributed by atoms with Gasteiger partial charge in [-0.2, -0.15) is 0 Å². The number of nitrogens with zero attached hydrogens (tertiary/aromatic N) is 2. The molecule has 0 aromatic carbocycles. The largest absolute Gasteiger partial charge is 0.465 e. The molecule has 0 bridgehead atoms. The SMILES string of the molecule is CCOC(=O)CSc1nnc(NC(=O)CCCNC)s1.Cl. The average Bonchev–Trinajstić information content (AvgIpc) is 2.85. The van der Waals surface area contributed by atoms with Crippen LogP contribution >= 0.6 is 35.5 Å². The van der Waals surface area contributed by atoms with Gasteiger partial charge in [-0.15, -0.1) is 22.6 Å². The van der Waals surface area contributed by atoms with Crippen molar-refractivity contribution in [3.8, 4) is 0 Å². The Hall–Kier alpha value is -0.900. The molecule has 0 fully saturated rings. The van der Waals surface area contributed by atoms with Gasteiger partial charge >= 0.3 is 5.97 Å². The third kappa shape index (κ3) is 8.86. The minimum atomic E-state index is -0.287. The van der Waals surface area contributed by atoms with E-state index >= 15 is 0 Å². The molecule has 0 aliphatic heterocycles. The van der Waals surface area contributed by atoms with Crippen LogP contribution in [0.15, 0.2) is 4.34 Å². The summed E-state index contributed by atoms with van der Waals surface area (Å²) in [4.78, 5) is 22.8. The van der Waals surface area contributed by atoms with Crippen molar-refractivity contribution >= 4 is 52.5 Å². The lowest BCUT2D eigenvalue weighted by molar-refractivity contribution is -0.139. The van der Waals surface area contributed by atoms with Crippen molar-refractivity contribution in [2.75, 3.05) is 31.3 Å². The smallest absolute Gasteiger partial charge is 0.316 e. The number of amides is 1. The molecule has 1 aromatic rings. The van der Waals surface area contributed by atoms with E-state index in [9.17, 15) is 9.59 Å². The first-order valence-corrected chi connectivity index (χ1v) is 8.02. The molecular formula is C11H19ClN4O3S2. The summed E-state index contributed by atoms with van der Waals surface area (Å²) >= 11 is 2.49. The Kier molecular flexibility index (Phi) is 11.2. The first kappa shape index (κ1) is 20.1. The summed E-state index contributed by atoms with van der Waals surface area (Å²) in [5, 5.41) is 13.9. The van der Waals surface area contributed by atoms with Crippen molar-refractivity contribution in [1.29, 1.82) is 0 Å².